The zero-order chi connectivity index (χ0) is 10.1. The van der Waals surface area contributed by atoms with Crippen LogP contribution in [0.25, 0.3) is 0 Å². The highest BCUT2D eigenvalue weighted by molar-refractivity contribution is 7.86. The fourth-order valence-electron chi connectivity index (χ4n) is 1.12. The molecule has 3 nitrogen and oxygen atoms in total. The van der Waals surface area contributed by atoms with Crippen LogP contribution in [-0.2, 0) is 0 Å². The van der Waals surface area contributed by atoms with Gasteiger partial charge in [-0.05, 0) is 37.1 Å². The van der Waals surface area contributed by atoms with Crippen LogP contribution in [0.3, 0.4) is 0 Å². The number of rotatable bonds is 2. The first-order valence-corrected chi connectivity index (χ1v) is 6.21. The molecule has 0 aromatic heterocycles. The Bertz CT molecular complexity index is 288. The summed E-state index contributed by atoms with van der Waals surface area (Å²) in [5.74, 6) is 0.380. The molecule has 0 bridgehead atoms. The Morgan fingerprint density at radius 1 is 1.15 bits per heavy atom. The second-order valence-electron chi connectivity index (χ2n) is 2.89. The number of hydrogen-bond donors (Lipinski definition) is 2. The fourth-order valence-corrected chi connectivity index (χ4v) is 1.73. The van der Waals surface area contributed by atoms with Gasteiger partial charge in [-0.2, -0.15) is 9.79 Å². The van der Waals surface area contributed by atoms with Gasteiger partial charge in [-0.25, -0.2) is 0 Å². The quantitative estimate of drug-likeness (QED) is 0.755. The monoisotopic (exact) mass is 221 g/mol. The van der Waals surface area contributed by atoms with Gasteiger partial charge in [0.15, 0.2) is 5.75 Å². The maximum absolute atomic E-state index is 8.86. The minimum absolute atomic E-state index is 0.380. The van der Waals surface area contributed by atoms with Gasteiger partial charge < -0.3 is 0 Å². The molecule has 0 unspecified atom stereocenters. The largest absolute Gasteiger partial charge is 0.563 e. The van der Waals surface area contributed by atoms with Crippen LogP contribution >= 0.6 is 18.5 Å². The minimum atomic E-state index is -3.71. The first-order chi connectivity index (χ1) is 5.87. The molecule has 0 spiro atoms. The molecule has 5 heteroatoms. The second kappa shape index (κ2) is 3.81. The Morgan fingerprint density at radius 2 is 1.62 bits per heavy atom. The molecule has 72 valence electrons. The molecule has 0 saturated heterocycles. The Kier molecular flexibility index (Phi) is 3.14. The van der Waals surface area contributed by atoms with Crippen molar-refractivity contribution in [2.45, 2.75) is 13.8 Å². The van der Waals surface area contributed by atoms with Crippen molar-refractivity contribution in [3.05, 3.63) is 29.3 Å². The zero-order valence-electron chi connectivity index (χ0n) is 7.36. The van der Waals surface area contributed by atoms with Crippen molar-refractivity contribution in [2.75, 3.05) is 0 Å². The standard InChI is InChI=1S/C8H11ClO3P/c1-6-3-7(2)5-8(4-6)12-13(9,10)11/h3-5,10-11H,1-2H3/q+1. The SMILES string of the molecule is Cc1cc(C)cc(O[P+](O)(O)Cl)c1. The van der Waals surface area contributed by atoms with E-state index in [4.69, 9.17) is 25.6 Å². The van der Waals surface area contributed by atoms with Crippen LogP contribution in [0, 0.1) is 13.8 Å². The predicted octanol–water partition coefficient (Wildman–Crippen LogP) is 2.58. The van der Waals surface area contributed by atoms with E-state index in [0.717, 1.165) is 11.1 Å². The van der Waals surface area contributed by atoms with Gasteiger partial charge in [-0.3, -0.25) is 4.52 Å². The van der Waals surface area contributed by atoms with Crippen molar-refractivity contribution in [3.8, 4) is 5.75 Å². The van der Waals surface area contributed by atoms with Crippen LogP contribution in [-0.4, -0.2) is 9.79 Å². The zero-order valence-corrected chi connectivity index (χ0v) is 9.01. The van der Waals surface area contributed by atoms with Crippen molar-refractivity contribution in [2.24, 2.45) is 0 Å². The molecule has 1 aromatic rings. The summed E-state index contributed by atoms with van der Waals surface area (Å²) in [6.07, 6.45) is 0. The molecule has 0 atom stereocenters. The summed E-state index contributed by atoms with van der Waals surface area (Å²) in [5, 5.41) is 0. The Labute approximate surface area is 82.3 Å². The first-order valence-electron chi connectivity index (χ1n) is 3.69. The van der Waals surface area contributed by atoms with Crippen LogP contribution in [0.15, 0.2) is 18.2 Å². The third-order valence-corrected chi connectivity index (χ3v) is 2.07. The van der Waals surface area contributed by atoms with Crippen molar-refractivity contribution >= 4 is 18.5 Å². The van der Waals surface area contributed by atoms with Crippen LogP contribution in [0.2, 0.25) is 0 Å². The highest BCUT2D eigenvalue weighted by Crippen LogP contribution is 2.56. The van der Waals surface area contributed by atoms with Gasteiger partial charge in [0.1, 0.15) is 0 Å². The summed E-state index contributed by atoms with van der Waals surface area (Å²) in [6, 6.07) is 5.34. The molecule has 0 aliphatic heterocycles. The Balaban J connectivity index is 2.90. The molecule has 0 saturated carbocycles. The minimum Gasteiger partial charge on any atom is -0.271 e. The Hall–Kier alpha value is -0.340. The highest BCUT2D eigenvalue weighted by atomic mass is 35.7. The normalized spacial score (nSPS) is 11.5. The smallest absolute Gasteiger partial charge is 0.271 e. The molecule has 0 heterocycles. The molecule has 0 aliphatic rings. The maximum Gasteiger partial charge on any atom is 0.563 e. The molecule has 1 rings (SSSR count). The first kappa shape index (κ1) is 10.7. The van der Waals surface area contributed by atoms with E-state index in [-0.39, 0.29) is 0 Å². The van der Waals surface area contributed by atoms with Crippen LogP contribution < -0.4 is 4.52 Å². The molecule has 0 fully saturated rings. The van der Waals surface area contributed by atoms with E-state index in [1.54, 1.807) is 12.1 Å². The summed E-state index contributed by atoms with van der Waals surface area (Å²) < 4.78 is 4.75. The van der Waals surface area contributed by atoms with E-state index in [1.165, 1.54) is 0 Å². The number of halogens is 1. The predicted molar refractivity (Wildman–Crippen MR) is 53.8 cm³/mol. The number of benzene rings is 1. The topological polar surface area (TPSA) is 49.7 Å². The van der Waals surface area contributed by atoms with E-state index in [2.05, 4.69) is 0 Å². The van der Waals surface area contributed by atoms with Gasteiger partial charge in [0.25, 0.3) is 0 Å². The summed E-state index contributed by atoms with van der Waals surface area (Å²) in [6.45, 7) is 3.78. The lowest BCUT2D eigenvalue weighted by molar-refractivity contribution is 0.363. The van der Waals surface area contributed by atoms with Gasteiger partial charge in [0, 0.05) is 0 Å². The lowest BCUT2D eigenvalue weighted by atomic mass is 10.1. The van der Waals surface area contributed by atoms with E-state index in [0.29, 0.717) is 5.75 Å². The van der Waals surface area contributed by atoms with E-state index >= 15 is 0 Å². The fraction of sp³-hybridized carbons (Fsp3) is 0.250. The van der Waals surface area contributed by atoms with E-state index in [1.807, 2.05) is 19.9 Å². The molecule has 13 heavy (non-hydrogen) atoms. The lowest BCUT2D eigenvalue weighted by Crippen LogP contribution is -1.93. The van der Waals surface area contributed by atoms with Gasteiger partial charge in [-0.1, -0.05) is 6.07 Å². The van der Waals surface area contributed by atoms with E-state index in [9.17, 15) is 0 Å². The molecule has 0 radical (unpaired) electrons. The van der Waals surface area contributed by atoms with Gasteiger partial charge in [-0.15, -0.1) is 0 Å². The van der Waals surface area contributed by atoms with Crippen molar-refractivity contribution in [1.82, 2.24) is 0 Å². The third kappa shape index (κ3) is 3.92. The average Bonchev–Trinajstić information content (AvgIpc) is 1.78. The highest BCUT2D eigenvalue weighted by Gasteiger charge is 2.35. The average molecular weight is 222 g/mol. The van der Waals surface area contributed by atoms with Crippen molar-refractivity contribution in [3.63, 3.8) is 0 Å². The van der Waals surface area contributed by atoms with Crippen LogP contribution in [0.4, 0.5) is 0 Å². The van der Waals surface area contributed by atoms with Crippen molar-refractivity contribution < 1.29 is 14.3 Å². The summed E-state index contributed by atoms with van der Waals surface area (Å²) in [7, 11) is -3.71. The van der Waals surface area contributed by atoms with Crippen LogP contribution in [0.5, 0.6) is 5.75 Å². The van der Waals surface area contributed by atoms with Crippen molar-refractivity contribution in [1.29, 1.82) is 0 Å². The molecule has 2 N–H and O–H groups in total. The summed E-state index contributed by atoms with van der Waals surface area (Å²) in [5.41, 5.74) is 1.97. The van der Waals surface area contributed by atoms with Gasteiger partial charge >= 0.3 is 7.30 Å². The van der Waals surface area contributed by atoms with Gasteiger partial charge in [0.2, 0.25) is 11.2 Å². The molecule has 0 aliphatic carbocycles. The molecule has 1 aromatic carbocycles. The number of aryl methyl sites for hydroxylation is 2. The second-order valence-corrected chi connectivity index (χ2v) is 5.34. The molecular formula is C8H11ClO3P+. The summed E-state index contributed by atoms with van der Waals surface area (Å²) >= 11 is 5.17. The van der Waals surface area contributed by atoms with Crippen LogP contribution in [0.1, 0.15) is 11.1 Å². The Morgan fingerprint density at radius 3 is 2.00 bits per heavy atom. The molecule has 0 amide bonds. The summed E-state index contributed by atoms with van der Waals surface area (Å²) in [4.78, 5) is 17.7. The third-order valence-electron chi connectivity index (χ3n) is 1.42. The van der Waals surface area contributed by atoms with Gasteiger partial charge in [0.05, 0.1) is 0 Å². The maximum atomic E-state index is 8.86. The lowest BCUT2D eigenvalue weighted by Gasteiger charge is -2.05. The molecular weight excluding hydrogens is 211 g/mol. The number of hydrogen-bond acceptors (Lipinski definition) is 3. The van der Waals surface area contributed by atoms with E-state index < -0.39 is 7.30 Å².